The predicted octanol–water partition coefficient (Wildman–Crippen LogP) is 4.44. The number of rotatable bonds is 5. The molecule has 2 heterocycles. The van der Waals surface area contributed by atoms with Crippen LogP contribution in [0.4, 0.5) is 11.4 Å². The molecule has 0 amide bonds. The van der Waals surface area contributed by atoms with Crippen molar-refractivity contribution in [3.63, 3.8) is 0 Å². The van der Waals surface area contributed by atoms with E-state index in [1.807, 2.05) is 31.3 Å². The first-order valence-corrected chi connectivity index (χ1v) is 9.08. The van der Waals surface area contributed by atoms with E-state index < -0.39 is 0 Å². The minimum Gasteiger partial charge on any atom is -0.426 e. The third-order valence-corrected chi connectivity index (χ3v) is 4.66. The summed E-state index contributed by atoms with van der Waals surface area (Å²) in [7, 11) is 2.02. The highest BCUT2D eigenvalue weighted by molar-refractivity contribution is 5.76. The van der Waals surface area contributed by atoms with E-state index in [4.69, 9.17) is 4.74 Å². The molecule has 0 spiro atoms. The number of H-pyrrole nitrogens is 1. The minimum atomic E-state index is -0.255. The molecule has 140 valence electrons. The summed E-state index contributed by atoms with van der Waals surface area (Å²) in [5.74, 6) is 0.588. The number of aromatic nitrogens is 3. The molecule has 0 saturated carbocycles. The Morgan fingerprint density at radius 1 is 1.00 bits per heavy atom. The number of nitrogens with one attached hydrogen (secondary N) is 1. The zero-order valence-electron chi connectivity index (χ0n) is 15.7. The fourth-order valence-corrected chi connectivity index (χ4v) is 2.97. The molecule has 4 rings (SSSR count). The molecule has 0 fully saturated rings. The van der Waals surface area contributed by atoms with E-state index >= 15 is 0 Å². The lowest BCUT2D eigenvalue weighted by Gasteiger charge is -2.20. The van der Waals surface area contributed by atoms with E-state index in [-0.39, 0.29) is 11.6 Å². The molecule has 0 bridgehead atoms. The molecule has 0 aliphatic carbocycles. The number of anilines is 2. The summed E-state index contributed by atoms with van der Waals surface area (Å²) < 4.78 is 5.73. The van der Waals surface area contributed by atoms with Crippen molar-refractivity contribution in [2.75, 3.05) is 11.9 Å². The highest BCUT2D eigenvalue weighted by Gasteiger charge is 2.08. The Kier molecular flexibility index (Phi) is 4.76. The second kappa shape index (κ2) is 7.52. The van der Waals surface area contributed by atoms with Crippen molar-refractivity contribution in [2.45, 2.75) is 13.3 Å². The van der Waals surface area contributed by atoms with Gasteiger partial charge in [0.2, 0.25) is 0 Å². The average molecular weight is 372 g/mol. The van der Waals surface area contributed by atoms with E-state index in [1.165, 1.54) is 5.56 Å². The van der Waals surface area contributed by atoms with E-state index in [9.17, 15) is 4.79 Å². The van der Waals surface area contributed by atoms with Gasteiger partial charge in [-0.2, -0.15) is 4.98 Å². The summed E-state index contributed by atoms with van der Waals surface area (Å²) in [5.41, 5.74) is 3.69. The van der Waals surface area contributed by atoms with E-state index in [1.54, 1.807) is 18.5 Å². The quantitative estimate of drug-likeness (QED) is 0.561. The molecule has 0 atom stereocenters. The van der Waals surface area contributed by atoms with Crippen LogP contribution in [0.25, 0.3) is 10.9 Å². The third kappa shape index (κ3) is 3.57. The average Bonchev–Trinajstić information content (AvgIpc) is 2.74. The monoisotopic (exact) mass is 372 g/mol. The van der Waals surface area contributed by atoms with Gasteiger partial charge in [0.1, 0.15) is 5.75 Å². The molecule has 2 aromatic carbocycles. The smallest absolute Gasteiger partial charge is 0.302 e. The van der Waals surface area contributed by atoms with Crippen LogP contribution in [0.5, 0.6) is 11.8 Å². The fraction of sp³-hybridized carbons (Fsp3) is 0.136. The van der Waals surface area contributed by atoms with Gasteiger partial charge in [-0.15, -0.1) is 0 Å². The fourth-order valence-electron chi connectivity index (χ4n) is 2.97. The number of benzene rings is 2. The number of ether oxygens (including phenoxy) is 1. The van der Waals surface area contributed by atoms with Crippen LogP contribution in [-0.2, 0) is 6.42 Å². The van der Waals surface area contributed by atoms with Crippen LogP contribution in [0.1, 0.15) is 12.5 Å². The van der Waals surface area contributed by atoms with Gasteiger partial charge in [0.25, 0.3) is 5.56 Å². The number of hydrogen-bond acceptors (Lipinski definition) is 5. The molecule has 0 aliphatic rings. The van der Waals surface area contributed by atoms with Gasteiger partial charge in [-0.05, 0) is 54.4 Å². The van der Waals surface area contributed by atoms with Gasteiger partial charge in [0.05, 0.1) is 17.1 Å². The maximum Gasteiger partial charge on any atom is 0.302 e. The SMILES string of the molecule is CCc1ccc(N(C)c2ccc(Oc3nc4cnccc4c(=O)[nH]3)cc2)cc1. The lowest BCUT2D eigenvalue weighted by molar-refractivity contribution is 0.443. The molecule has 0 unspecified atom stereocenters. The number of aryl methyl sites for hydroxylation is 1. The Labute approximate surface area is 162 Å². The lowest BCUT2D eigenvalue weighted by atomic mass is 10.1. The highest BCUT2D eigenvalue weighted by Crippen LogP contribution is 2.27. The second-order valence-electron chi connectivity index (χ2n) is 6.44. The zero-order valence-corrected chi connectivity index (χ0v) is 15.7. The molecule has 2 aromatic heterocycles. The van der Waals surface area contributed by atoms with Crippen LogP contribution >= 0.6 is 0 Å². The summed E-state index contributed by atoms with van der Waals surface area (Å²) in [6.45, 7) is 2.14. The predicted molar refractivity (Wildman–Crippen MR) is 111 cm³/mol. The molecule has 6 nitrogen and oxygen atoms in total. The molecule has 4 aromatic rings. The number of fused-ring (bicyclic) bond motifs is 1. The van der Waals surface area contributed by atoms with Crippen LogP contribution in [0.2, 0.25) is 0 Å². The van der Waals surface area contributed by atoms with Gasteiger partial charge >= 0.3 is 6.01 Å². The summed E-state index contributed by atoms with van der Waals surface area (Å²) in [4.78, 5) is 25.2. The Hall–Kier alpha value is -3.67. The van der Waals surface area contributed by atoms with Gasteiger partial charge in [-0.25, -0.2) is 0 Å². The lowest BCUT2D eigenvalue weighted by Crippen LogP contribution is -2.10. The first-order valence-electron chi connectivity index (χ1n) is 9.08. The van der Waals surface area contributed by atoms with Gasteiger partial charge < -0.3 is 9.64 Å². The van der Waals surface area contributed by atoms with Crippen molar-refractivity contribution in [1.82, 2.24) is 15.0 Å². The van der Waals surface area contributed by atoms with E-state index in [0.717, 1.165) is 17.8 Å². The Balaban J connectivity index is 1.54. The maximum absolute atomic E-state index is 12.1. The van der Waals surface area contributed by atoms with Gasteiger partial charge in [-0.3, -0.25) is 14.8 Å². The van der Waals surface area contributed by atoms with Crippen molar-refractivity contribution < 1.29 is 4.74 Å². The molecule has 0 radical (unpaired) electrons. The largest absolute Gasteiger partial charge is 0.426 e. The topological polar surface area (TPSA) is 71.1 Å². The van der Waals surface area contributed by atoms with Gasteiger partial charge in [0.15, 0.2) is 0 Å². The second-order valence-corrected chi connectivity index (χ2v) is 6.44. The van der Waals surface area contributed by atoms with Crippen LogP contribution in [0, 0.1) is 0 Å². The number of nitrogens with zero attached hydrogens (tertiary/aromatic N) is 3. The van der Waals surface area contributed by atoms with Crippen LogP contribution < -0.4 is 15.2 Å². The van der Waals surface area contributed by atoms with Crippen LogP contribution in [0.15, 0.2) is 71.8 Å². The Morgan fingerprint density at radius 2 is 1.68 bits per heavy atom. The first-order chi connectivity index (χ1) is 13.6. The maximum atomic E-state index is 12.1. The molecule has 28 heavy (non-hydrogen) atoms. The van der Waals surface area contributed by atoms with E-state index in [2.05, 4.69) is 51.0 Å². The standard InChI is InChI=1S/C22H20N4O2/c1-3-15-4-6-16(7-5-15)26(2)17-8-10-18(11-9-17)28-22-24-20-14-23-13-12-19(20)21(27)25-22/h4-14H,3H2,1-2H3,(H,24,25,27). The van der Waals surface area contributed by atoms with Gasteiger partial charge in [-0.1, -0.05) is 19.1 Å². The van der Waals surface area contributed by atoms with Crippen molar-refractivity contribution in [3.05, 3.63) is 82.9 Å². The molecular formula is C22H20N4O2. The van der Waals surface area contributed by atoms with Crippen LogP contribution in [0.3, 0.4) is 0 Å². The van der Waals surface area contributed by atoms with Crippen molar-refractivity contribution in [2.24, 2.45) is 0 Å². The number of pyridine rings is 1. The third-order valence-electron chi connectivity index (χ3n) is 4.66. The molecule has 6 heteroatoms. The van der Waals surface area contributed by atoms with Crippen molar-refractivity contribution >= 4 is 22.3 Å². The summed E-state index contributed by atoms with van der Waals surface area (Å²) in [5, 5.41) is 0.480. The molecule has 1 N–H and O–H groups in total. The van der Waals surface area contributed by atoms with Crippen molar-refractivity contribution in [3.8, 4) is 11.8 Å². The van der Waals surface area contributed by atoms with E-state index in [0.29, 0.717) is 16.7 Å². The number of hydrogen-bond donors (Lipinski definition) is 1. The summed E-state index contributed by atoms with van der Waals surface area (Å²) in [6, 6.07) is 17.9. The van der Waals surface area contributed by atoms with Crippen LogP contribution in [-0.4, -0.2) is 22.0 Å². The Morgan fingerprint density at radius 3 is 2.36 bits per heavy atom. The minimum absolute atomic E-state index is 0.141. The molecule has 0 aliphatic heterocycles. The number of aromatic amines is 1. The summed E-state index contributed by atoms with van der Waals surface area (Å²) >= 11 is 0. The molecule has 0 saturated heterocycles. The normalized spacial score (nSPS) is 10.8. The van der Waals surface area contributed by atoms with Gasteiger partial charge in [0, 0.05) is 24.6 Å². The Bertz CT molecular complexity index is 1150. The van der Waals surface area contributed by atoms with Crippen molar-refractivity contribution in [1.29, 1.82) is 0 Å². The zero-order chi connectivity index (χ0) is 19.5. The highest BCUT2D eigenvalue weighted by atomic mass is 16.5. The first kappa shape index (κ1) is 17.7. The molecular weight excluding hydrogens is 352 g/mol. The summed E-state index contributed by atoms with van der Waals surface area (Å²) in [6.07, 6.45) is 4.13.